The summed E-state index contributed by atoms with van der Waals surface area (Å²) in [5.74, 6) is -1.36. The number of ether oxygens (including phenoxy) is 2. The predicted octanol–water partition coefficient (Wildman–Crippen LogP) is 3.42. The molecule has 1 N–H and O–H groups in total. The number of hydrogen-bond donors (Lipinski definition) is 1. The van der Waals surface area contributed by atoms with Crippen LogP contribution in [0.5, 0.6) is 5.75 Å². The molecule has 2 fully saturated rings. The van der Waals surface area contributed by atoms with E-state index in [1.165, 1.54) is 24.1 Å². The molecule has 1 aliphatic heterocycles. The highest BCUT2D eigenvalue weighted by Gasteiger charge is 2.50. The lowest BCUT2D eigenvalue weighted by atomic mass is 9.76. The van der Waals surface area contributed by atoms with Gasteiger partial charge in [0, 0.05) is 0 Å². The Hall–Kier alpha value is -3.68. The number of carbonyl (C=O) groups is 4. The fourth-order valence-electron chi connectivity index (χ4n) is 4.56. The van der Waals surface area contributed by atoms with Gasteiger partial charge in [0.2, 0.25) is 11.8 Å². The first-order valence-corrected chi connectivity index (χ1v) is 11.0. The van der Waals surface area contributed by atoms with Crippen LogP contribution in [-0.4, -0.2) is 37.4 Å². The van der Waals surface area contributed by atoms with Gasteiger partial charge in [-0.05, 0) is 55.5 Å². The topological polar surface area (TPSA) is 102 Å². The van der Waals surface area contributed by atoms with Gasteiger partial charge in [-0.1, -0.05) is 25.1 Å². The fraction of sp³-hybridized carbons (Fsp3) is 0.360. The fourth-order valence-corrected chi connectivity index (χ4v) is 4.56. The van der Waals surface area contributed by atoms with Gasteiger partial charge in [-0.2, -0.15) is 0 Å². The molecule has 2 aliphatic rings. The number of hydrogen-bond acceptors (Lipinski definition) is 6. The molecule has 33 heavy (non-hydrogen) atoms. The van der Waals surface area contributed by atoms with Gasteiger partial charge in [-0.15, -0.1) is 0 Å². The van der Waals surface area contributed by atoms with Gasteiger partial charge in [0.05, 0.1) is 35.9 Å². The maximum Gasteiger partial charge on any atom is 0.338 e. The standard InChI is InChI=1S/C25H26N2O6/c1-15-10-11-18-19(12-15)24(30)27(23(18)29)17-7-5-6-16(13-17)25(31)33-14-22(28)26-20-8-3-4-9-21(20)32-2/h3-9,13,15,18-19H,10-12,14H2,1-2H3,(H,26,28)/t15-,18-,19+/m1/s1. The van der Waals surface area contributed by atoms with Gasteiger partial charge in [0.1, 0.15) is 5.75 Å². The molecule has 8 heteroatoms. The van der Waals surface area contributed by atoms with Gasteiger partial charge >= 0.3 is 5.97 Å². The third kappa shape index (κ3) is 4.60. The molecule has 2 aromatic carbocycles. The monoisotopic (exact) mass is 450 g/mol. The summed E-state index contributed by atoms with van der Waals surface area (Å²) in [5, 5.41) is 2.63. The third-order valence-corrected chi connectivity index (χ3v) is 6.24. The molecule has 0 radical (unpaired) electrons. The average Bonchev–Trinajstić information content (AvgIpc) is 3.07. The van der Waals surface area contributed by atoms with Crippen molar-refractivity contribution in [2.45, 2.75) is 26.2 Å². The minimum Gasteiger partial charge on any atom is -0.495 e. The zero-order valence-corrected chi connectivity index (χ0v) is 18.6. The quantitative estimate of drug-likeness (QED) is 0.535. The van der Waals surface area contributed by atoms with E-state index in [1.807, 2.05) is 0 Å². The van der Waals surface area contributed by atoms with Crippen LogP contribution in [-0.2, 0) is 19.1 Å². The molecule has 1 saturated carbocycles. The molecule has 0 spiro atoms. The Labute approximate surface area is 191 Å². The van der Waals surface area contributed by atoms with Crippen molar-refractivity contribution in [2.75, 3.05) is 23.9 Å². The summed E-state index contributed by atoms with van der Waals surface area (Å²) in [7, 11) is 1.49. The van der Waals surface area contributed by atoms with E-state index in [0.29, 0.717) is 35.9 Å². The number of rotatable bonds is 6. The minimum absolute atomic E-state index is 0.154. The van der Waals surface area contributed by atoms with Crippen molar-refractivity contribution >= 4 is 35.1 Å². The van der Waals surface area contributed by atoms with Crippen molar-refractivity contribution in [3.05, 3.63) is 54.1 Å². The number of fused-ring (bicyclic) bond motifs is 1. The van der Waals surface area contributed by atoms with E-state index in [-0.39, 0.29) is 29.2 Å². The van der Waals surface area contributed by atoms with E-state index in [9.17, 15) is 19.2 Å². The number of methoxy groups -OCH3 is 1. The van der Waals surface area contributed by atoms with E-state index in [1.54, 1.807) is 36.4 Å². The number of amides is 3. The number of imide groups is 1. The largest absolute Gasteiger partial charge is 0.495 e. The molecule has 0 bridgehead atoms. The first kappa shape index (κ1) is 22.5. The van der Waals surface area contributed by atoms with Crippen LogP contribution in [0.3, 0.4) is 0 Å². The van der Waals surface area contributed by atoms with E-state index in [4.69, 9.17) is 9.47 Å². The minimum atomic E-state index is -0.725. The summed E-state index contributed by atoms with van der Waals surface area (Å²) < 4.78 is 10.3. The Kier molecular flexibility index (Phi) is 6.44. The van der Waals surface area contributed by atoms with Crippen molar-refractivity contribution in [1.82, 2.24) is 0 Å². The molecule has 172 valence electrons. The van der Waals surface area contributed by atoms with Crippen molar-refractivity contribution in [3.8, 4) is 5.75 Å². The molecule has 0 unspecified atom stereocenters. The molecule has 0 aromatic heterocycles. The molecular formula is C25H26N2O6. The van der Waals surface area contributed by atoms with Crippen LogP contribution in [0, 0.1) is 17.8 Å². The maximum absolute atomic E-state index is 12.9. The molecule has 2 aromatic rings. The Morgan fingerprint density at radius 1 is 1.03 bits per heavy atom. The van der Waals surface area contributed by atoms with Crippen molar-refractivity contribution in [3.63, 3.8) is 0 Å². The number of para-hydroxylation sites is 2. The smallest absolute Gasteiger partial charge is 0.338 e. The first-order valence-electron chi connectivity index (χ1n) is 11.0. The molecule has 4 rings (SSSR count). The van der Waals surface area contributed by atoms with Crippen molar-refractivity contribution in [2.24, 2.45) is 17.8 Å². The first-order chi connectivity index (χ1) is 15.9. The van der Waals surface area contributed by atoms with Crippen molar-refractivity contribution < 1.29 is 28.7 Å². The van der Waals surface area contributed by atoms with E-state index in [2.05, 4.69) is 12.2 Å². The molecule has 3 atom stereocenters. The lowest BCUT2D eigenvalue weighted by Gasteiger charge is -2.25. The number of esters is 1. The van der Waals surface area contributed by atoms with Crippen LogP contribution in [0.1, 0.15) is 36.5 Å². The van der Waals surface area contributed by atoms with Crippen LogP contribution >= 0.6 is 0 Å². The highest BCUT2D eigenvalue weighted by atomic mass is 16.5. The van der Waals surface area contributed by atoms with Gasteiger partial charge in [0.25, 0.3) is 5.91 Å². The maximum atomic E-state index is 12.9. The molecule has 1 heterocycles. The number of nitrogens with one attached hydrogen (secondary N) is 1. The summed E-state index contributed by atoms with van der Waals surface area (Å²) in [6.07, 6.45) is 2.34. The zero-order chi connectivity index (χ0) is 23.5. The SMILES string of the molecule is COc1ccccc1NC(=O)COC(=O)c1cccc(N2C(=O)[C@H]3C[C@H](C)CC[C@H]3C2=O)c1. The average molecular weight is 450 g/mol. The lowest BCUT2D eigenvalue weighted by Crippen LogP contribution is -2.31. The molecule has 1 saturated heterocycles. The summed E-state index contributed by atoms with van der Waals surface area (Å²) in [5.41, 5.74) is 0.964. The molecule has 8 nitrogen and oxygen atoms in total. The van der Waals surface area contributed by atoms with E-state index < -0.39 is 18.5 Å². The summed E-state index contributed by atoms with van der Waals surface area (Å²) in [6, 6.07) is 13.1. The molecular weight excluding hydrogens is 424 g/mol. The van der Waals surface area contributed by atoms with Crippen LogP contribution in [0.2, 0.25) is 0 Å². The van der Waals surface area contributed by atoms with Gasteiger partial charge in [-0.25, -0.2) is 4.79 Å². The van der Waals surface area contributed by atoms with Crippen LogP contribution in [0.4, 0.5) is 11.4 Å². The number of nitrogens with zero attached hydrogens (tertiary/aromatic N) is 1. The number of benzene rings is 2. The Morgan fingerprint density at radius 3 is 2.58 bits per heavy atom. The lowest BCUT2D eigenvalue weighted by molar-refractivity contribution is -0.122. The Balaban J connectivity index is 1.41. The third-order valence-electron chi connectivity index (χ3n) is 6.24. The number of anilines is 2. The second kappa shape index (κ2) is 9.44. The predicted molar refractivity (Wildman–Crippen MR) is 121 cm³/mol. The van der Waals surface area contributed by atoms with Crippen LogP contribution in [0.15, 0.2) is 48.5 Å². The van der Waals surface area contributed by atoms with Crippen LogP contribution < -0.4 is 15.0 Å². The Bertz CT molecular complexity index is 1100. The number of carbonyl (C=O) groups excluding carboxylic acids is 4. The normalized spacial score (nSPS) is 22.0. The van der Waals surface area contributed by atoms with Gasteiger partial charge < -0.3 is 14.8 Å². The van der Waals surface area contributed by atoms with Gasteiger partial charge in [-0.3, -0.25) is 19.3 Å². The molecule has 1 aliphatic carbocycles. The summed E-state index contributed by atoms with van der Waals surface area (Å²) >= 11 is 0. The summed E-state index contributed by atoms with van der Waals surface area (Å²) in [6.45, 7) is 1.60. The highest BCUT2D eigenvalue weighted by molar-refractivity contribution is 6.22. The van der Waals surface area contributed by atoms with E-state index >= 15 is 0 Å². The van der Waals surface area contributed by atoms with E-state index in [0.717, 1.165) is 6.42 Å². The molecule has 3 amide bonds. The Morgan fingerprint density at radius 2 is 1.79 bits per heavy atom. The van der Waals surface area contributed by atoms with Crippen LogP contribution in [0.25, 0.3) is 0 Å². The second-order valence-corrected chi connectivity index (χ2v) is 8.52. The second-order valence-electron chi connectivity index (χ2n) is 8.52. The van der Waals surface area contributed by atoms with Crippen molar-refractivity contribution in [1.29, 1.82) is 0 Å². The van der Waals surface area contributed by atoms with Gasteiger partial charge in [0.15, 0.2) is 6.61 Å². The summed E-state index contributed by atoms with van der Waals surface area (Å²) in [4.78, 5) is 51.8. The zero-order valence-electron chi connectivity index (χ0n) is 18.6. The highest BCUT2D eigenvalue weighted by Crippen LogP contribution is 2.42.